The minimum Gasteiger partial charge on any atom is -0.376 e. The topological polar surface area (TPSA) is 61.4 Å². The second kappa shape index (κ2) is 9.11. The number of nitrogens with one attached hydrogen (secondary N) is 2. The van der Waals surface area contributed by atoms with Gasteiger partial charge >= 0.3 is 0 Å². The van der Waals surface area contributed by atoms with E-state index in [4.69, 9.17) is 11.6 Å². The number of nitrogens with zero attached hydrogens (tertiary/aromatic N) is 1. The second-order valence-corrected chi connectivity index (χ2v) is 7.85. The largest absolute Gasteiger partial charge is 0.376 e. The number of carbonyl (C=O) groups excluding carboxylic acids is 2. The number of halogens is 1. The molecule has 0 unspecified atom stereocenters. The fourth-order valence-electron chi connectivity index (χ4n) is 3.26. The van der Waals surface area contributed by atoms with Crippen LogP contribution in [-0.2, 0) is 4.79 Å². The first-order valence-corrected chi connectivity index (χ1v) is 9.99. The zero-order chi connectivity index (χ0) is 20.1. The first-order valence-electron chi connectivity index (χ1n) is 9.61. The zero-order valence-corrected chi connectivity index (χ0v) is 17.1. The van der Waals surface area contributed by atoms with Gasteiger partial charge in [0.05, 0.1) is 6.54 Å². The van der Waals surface area contributed by atoms with E-state index in [1.54, 1.807) is 30.3 Å². The number of benzene rings is 2. The van der Waals surface area contributed by atoms with E-state index in [1.165, 1.54) is 0 Å². The van der Waals surface area contributed by atoms with E-state index < -0.39 is 0 Å². The number of hydrogen-bond donors (Lipinski definition) is 2. The Kier molecular flexibility index (Phi) is 6.57. The van der Waals surface area contributed by atoms with Crippen molar-refractivity contribution < 1.29 is 9.59 Å². The Hall–Kier alpha value is -2.53. The van der Waals surface area contributed by atoms with Crippen molar-refractivity contribution in [1.82, 2.24) is 4.90 Å². The number of amides is 2. The Labute approximate surface area is 171 Å². The van der Waals surface area contributed by atoms with Crippen molar-refractivity contribution in [2.24, 2.45) is 5.92 Å². The molecule has 0 radical (unpaired) electrons. The van der Waals surface area contributed by atoms with Crippen LogP contribution in [0.2, 0.25) is 5.02 Å². The van der Waals surface area contributed by atoms with Crippen LogP contribution in [0, 0.1) is 12.8 Å². The normalized spacial score (nSPS) is 14.6. The van der Waals surface area contributed by atoms with Gasteiger partial charge in [-0.15, -0.1) is 0 Å². The molecule has 5 nitrogen and oxygen atoms in total. The average molecular weight is 400 g/mol. The number of likely N-dealkylation sites (tertiary alicyclic amines) is 1. The summed E-state index contributed by atoms with van der Waals surface area (Å²) in [6, 6.07) is 12.6. The van der Waals surface area contributed by atoms with Crippen molar-refractivity contribution in [3.8, 4) is 0 Å². The summed E-state index contributed by atoms with van der Waals surface area (Å²) in [7, 11) is 0. The lowest BCUT2D eigenvalue weighted by Crippen LogP contribution is -2.37. The van der Waals surface area contributed by atoms with Crippen molar-refractivity contribution >= 4 is 34.8 Å². The van der Waals surface area contributed by atoms with Crippen molar-refractivity contribution in [2.45, 2.75) is 26.7 Å². The molecule has 1 saturated heterocycles. The highest BCUT2D eigenvalue weighted by atomic mass is 35.5. The molecule has 0 bridgehead atoms. The number of hydrogen-bond acceptors (Lipinski definition) is 3. The van der Waals surface area contributed by atoms with Gasteiger partial charge in [0.1, 0.15) is 0 Å². The zero-order valence-electron chi connectivity index (χ0n) is 16.3. The molecule has 28 heavy (non-hydrogen) atoms. The Morgan fingerprint density at radius 2 is 1.79 bits per heavy atom. The van der Waals surface area contributed by atoms with Crippen LogP contribution >= 0.6 is 11.6 Å². The molecule has 0 spiro atoms. The van der Waals surface area contributed by atoms with Crippen molar-refractivity contribution in [1.29, 1.82) is 0 Å². The lowest BCUT2D eigenvalue weighted by molar-refractivity contribution is -0.114. The maximum Gasteiger partial charge on any atom is 0.253 e. The molecule has 1 fully saturated rings. The number of carbonyl (C=O) groups is 2. The van der Waals surface area contributed by atoms with Gasteiger partial charge in [0.25, 0.3) is 5.91 Å². The number of rotatable bonds is 5. The summed E-state index contributed by atoms with van der Waals surface area (Å²) in [4.78, 5) is 26.7. The van der Waals surface area contributed by atoms with Gasteiger partial charge in [-0.1, -0.05) is 24.6 Å². The van der Waals surface area contributed by atoms with E-state index in [0.717, 1.165) is 37.2 Å². The number of aryl methyl sites for hydroxylation is 1. The Morgan fingerprint density at radius 3 is 2.46 bits per heavy atom. The standard InChI is InChI=1S/C22H26ClN3O2/c1-15-9-11-26(12-10-15)22(28)17-4-7-19(8-5-17)25-21(27)14-24-20-13-18(23)6-3-16(20)2/h3-8,13,15,24H,9-12,14H2,1-2H3,(H,25,27). The minimum absolute atomic E-state index is 0.0582. The maximum atomic E-state index is 12.6. The van der Waals surface area contributed by atoms with E-state index in [0.29, 0.717) is 22.2 Å². The van der Waals surface area contributed by atoms with Crippen LogP contribution in [0.5, 0.6) is 0 Å². The Morgan fingerprint density at radius 1 is 1.11 bits per heavy atom. The van der Waals surface area contributed by atoms with Crippen molar-refractivity contribution in [3.63, 3.8) is 0 Å². The molecule has 1 aliphatic rings. The highest BCUT2D eigenvalue weighted by Crippen LogP contribution is 2.21. The Balaban J connectivity index is 1.53. The molecular formula is C22H26ClN3O2. The fraction of sp³-hybridized carbons (Fsp3) is 0.364. The first-order chi connectivity index (χ1) is 13.4. The molecule has 0 aromatic heterocycles. The summed E-state index contributed by atoms with van der Waals surface area (Å²) in [5.74, 6) is 0.581. The van der Waals surface area contributed by atoms with Gasteiger partial charge in [0.2, 0.25) is 5.91 Å². The summed E-state index contributed by atoms with van der Waals surface area (Å²) in [6.45, 7) is 5.94. The van der Waals surface area contributed by atoms with E-state index in [2.05, 4.69) is 17.6 Å². The monoisotopic (exact) mass is 399 g/mol. The maximum absolute atomic E-state index is 12.6. The molecule has 2 amide bonds. The molecule has 2 N–H and O–H groups in total. The summed E-state index contributed by atoms with van der Waals surface area (Å²) in [6.07, 6.45) is 2.11. The predicted molar refractivity (Wildman–Crippen MR) is 114 cm³/mol. The lowest BCUT2D eigenvalue weighted by atomic mass is 9.98. The molecule has 148 valence electrons. The predicted octanol–water partition coefficient (Wildman–Crippen LogP) is 4.57. The van der Waals surface area contributed by atoms with Crippen LogP contribution in [0.4, 0.5) is 11.4 Å². The molecule has 0 saturated carbocycles. The van der Waals surface area contributed by atoms with Crippen LogP contribution in [0.25, 0.3) is 0 Å². The van der Waals surface area contributed by atoms with E-state index in [1.807, 2.05) is 24.0 Å². The van der Waals surface area contributed by atoms with Crippen LogP contribution in [0.3, 0.4) is 0 Å². The smallest absolute Gasteiger partial charge is 0.253 e. The summed E-state index contributed by atoms with van der Waals surface area (Å²) >= 11 is 5.99. The van der Waals surface area contributed by atoms with Gasteiger partial charge in [-0.3, -0.25) is 9.59 Å². The van der Waals surface area contributed by atoms with Gasteiger partial charge in [0.15, 0.2) is 0 Å². The molecule has 1 aliphatic heterocycles. The highest BCUT2D eigenvalue weighted by Gasteiger charge is 2.21. The average Bonchev–Trinajstić information content (AvgIpc) is 2.69. The van der Waals surface area contributed by atoms with Gasteiger partial charge in [-0.2, -0.15) is 0 Å². The lowest BCUT2D eigenvalue weighted by Gasteiger charge is -2.30. The van der Waals surface area contributed by atoms with Crippen LogP contribution < -0.4 is 10.6 Å². The molecular weight excluding hydrogens is 374 g/mol. The van der Waals surface area contributed by atoms with Gasteiger partial charge in [0, 0.05) is 35.1 Å². The number of anilines is 2. The third kappa shape index (κ3) is 5.26. The van der Waals surface area contributed by atoms with Crippen LogP contribution in [-0.4, -0.2) is 36.3 Å². The van der Waals surface area contributed by atoms with E-state index >= 15 is 0 Å². The first kappa shape index (κ1) is 20.2. The SMILES string of the molecule is Cc1ccc(Cl)cc1NCC(=O)Nc1ccc(C(=O)N2CCC(C)CC2)cc1. The molecule has 2 aromatic rings. The van der Waals surface area contributed by atoms with Gasteiger partial charge in [-0.05, 0) is 67.6 Å². The van der Waals surface area contributed by atoms with E-state index in [-0.39, 0.29) is 18.4 Å². The fourth-order valence-corrected chi connectivity index (χ4v) is 3.43. The molecule has 0 atom stereocenters. The summed E-state index contributed by atoms with van der Waals surface area (Å²) in [5, 5.41) is 6.55. The molecule has 2 aromatic carbocycles. The second-order valence-electron chi connectivity index (χ2n) is 7.41. The van der Waals surface area contributed by atoms with Crippen molar-refractivity contribution in [2.75, 3.05) is 30.3 Å². The quantitative estimate of drug-likeness (QED) is 0.774. The van der Waals surface area contributed by atoms with Crippen LogP contribution in [0.1, 0.15) is 35.7 Å². The van der Waals surface area contributed by atoms with Gasteiger partial charge < -0.3 is 15.5 Å². The highest BCUT2D eigenvalue weighted by molar-refractivity contribution is 6.30. The third-order valence-electron chi connectivity index (χ3n) is 5.13. The molecule has 0 aliphatic carbocycles. The number of piperidine rings is 1. The van der Waals surface area contributed by atoms with Crippen molar-refractivity contribution in [3.05, 3.63) is 58.6 Å². The molecule has 3 rings (SSSR count). The van der Waals surface area contributed by atoms with E-state index in [9.17, 15) is 9.59 Å². The summed E-state index contributed by atoms with van der Waals surface area (Å²) < 4.78 is 0. The molecule has 1 heterocycles. The Bertz CT molecular complexity index is 843. The van der Waals surface area contributed by atoms with Gasteiger partial charge in [-0.25, -0.2) is 0 Å². The van der Waals surface area contributed by atoms with Crippen LogP contribution in [0.15, 0.2) is 42.5 Å². The third-order valence-corrected chi connectivity index (χ3v) is 5.36. The molecule has 6 heteroatoms. The minimum atomic E-state index is -0.163. The summed E-state index contributed by atoms with van der Waals surface area (Å²) in [5.41, 5.74) is 3.17.